The summed E-state index contributed by atoms with van der Waals surface area (Å²) < 4.78 is 0. The van der Waals surface area contributed by atoms with Crippen LogP contribution in [0.1, 0.15) is 15.9 Å². The molecule has 0 aliphatic carbocycles. The van der Waals surface area contributed by atoms with Crippen molar-refractivity contribution < 1.29 is 9.90 Å². The first kappa shape index (κ1) is 13.8. The van der Waals surface area contributed by atoms with Crippen LogP contribution in [0, 0.1) is 6.92 Å². The lowest BCUT2D eigenvalue weighted by molar-refractivity contribution is 0.0616. The molecule has 0 atom stereocenters. The van der Waals surface area contributed by atoms with Crippen LogP contribution in [0.25, 0.3) is 0 Å². The van der Waals surface area contributed by atoms with E-state index >= 15 is 0 Å². The van der Waals surface area contributed by atoms with Crippen molar-refractivity contribution in [3.63, 3.8) is 0 Å². The van der Waals surface area contributed by atoms with Gasteiger partial charge in [0.1, 0.15) is 0 Å². The van der Waals surface area contributed by atoms with Gasteiger partial charge in [-0.3, -0.25) is 9.69 Å². The highest BCUT2D eigenvalue weighted by atomic mass is 16.3. The van der Waals surface area contributed by atoms with E-state index in [0.717, 1.165) is 18.7 Å². The number of amides is 1. The number of carbonyl (C=O) groups excluding carboxylic acids is 1. The zero-order valence-electron chi connectivity index (χ0n) is 11.3. The first-order valence-electron chi connectivity index (χ1n) is 6.60. The molecule has 3 N–H and O–H groups in total. The van der Waals surface area contributed by atoms with Crippen molar-refractivity contribution in [1.82, 2.24) is 9.80 Å². The molecule has 1 aromatic carbocycles. The molecule has 1 fully saturated rings. The van der Waals surface area contributed by atoms with Gasteiger partial charge in [0.05, 0.1) is 12.2 Å². The number of hydrogen-bond acceptors (Lipinski definition) is 4. The number of aliphatic hydroxyl groups is 1. The van der Waals surface area contributed by atoms with Gasteiger partial charge in [0.15, 0.2) is 0 Å². The summed E-state index contributed by atoms with van der Waals surface area (Å²) in [6.07, 6.45) is 0. The fraction of sp³-hybridized carbons (Fsp3) is 0.500. The molecule has 2 rings (SSSR count). The van der Waals surface area contributed by atoms with Crippen LogP contribution in [0.4, 0.5) is 5.69 Å². The number of β-amino-alcohol motifs (C(OH)–C–C–N with tert-alkyl or cyclic N) is 1. The van der Waals surface area contributed by atoms with Gasteiger partial charge in [-0.1, -0.05) is 6.07 Å². The quantitative estimate of drug-likeness (QED) is 0.771. The van der Waals surface area contributed by atoms with Crippen molar-refractivity contribution in [2.24, 2.45) is 0 Å². The van der Waals surface area contributed by atoms with E-state index in [4.69, 9.17) is 10.8 Å². The maximum absolute atomic E-state index is 12.4. The number of nitrogens with zero attached hydrogens (tertiary/aromatic N) is 2. The topological polar surface area (TPSA) is 69.8 Å². The zero-order chi connectivity index (χ0) is 13.8. The number of nitrogens with two attached hydrogens (primary N) is 1. The number of piperazine rings is 1. The number of aliphatic hydroxyl groups excluding tert-OH is 1. The fourth-order valence-electron chi connectivity index (χ4n) is 2.36. The van der Waals surface area contributed by atoms with E-state index in [1.807, 2.05) is 24.0 Å². The van der Waals surface area contributed by atoms with Gasteiger partial charge < -0.3 is 15.7 Å². The Bertz CT molecular complexity index is 454. The van der Waals surface area contributed by atoms with Gasteiger partial charge in [-0.25, -0.2) is 0 Å². The van der Waals surface area contributed by atoms with Crippen molar-refractivity contribution in [2.75, 3.05) is 45.1 Å². The molecule has 1 aromatic rings. The number of nitrogen functional groups attached to an aromatic ring is 1. The number of rotatable bonds is 3. The Morgan fingerprint density at radius 1 is 1.32 bits per heavy atom. The van der Waals surface area contributed by atoms with Crippen LogP contribution < -0.4 is 5.73 Å². The molecule has 0 aromatic heterocycles. The van der Waals surface area contributed by atoms with E-state index < -0.39 is 0 Å². The highest BCUT2D eigenvalue weighted by molar-refractivity contribution is 5.99. The summed E-state index contributed by atoms with van der Waals surface area (Å²) in [5.41, 5.74) is 8.10. The molecule has 1 saturated heterocycles. The van der Waals surface area contributed by atoms with Crippen LogP contribution in [0.5, 0.6) is 0 Å². The second kappa shape index (κ2) is 6.04. The number of benzene rings is 1. The molecular formula is C14H21N3O2. The van der Waals surface area contributed by atoms with Gasteiger partial charge in [0, 0.05) is 38.4 Å². The lowest BCUT2D eigenvalue weighted by Crippen LogP contribution is -2.49. The van der Waals surface area contributed by atoms with E-state index in [1.54, 1.807) is 6.07 Å². The van der Waals surface area contributed by atoms with E-state index in [2.05, 4.69) is 4.90 Å². The maximum Gasteiger partial charge on any atom is 0.256 e. The fourth-order valence-corrected chi connectivity index (χ4v) is 2.36. The Hall–Kier alpha value is -1.59. The van der Waals surface area contributed by atoms with Crippen molar-refractivity contribution in [3.8, 4) is 0 Å². The smallest absolute Gasteiger partial charge is 0.256 e. The molecular weight excluding hydrogens is 242 g/mol. The van der Waals surface area contributed by atoms with Gasteiger partial charge in [-0.2, -0.15) is 0 Å². The van der Waals surface area contributed by atoms with Crippen LogP contribution >= 0.6 is 0 Å². The van der Waals surface area contributed by atoms with Gasteiger partial charge >= 0.3 is 0 Å². The highest BCUT2D eigenvalue weighted by Gasteiger charge is 2.22. The van der Waals surface area contributed by atoms with Crippen LogP contribution in [-0.2, 0) is 0 Å². The second-order valence-electron chi connectivity index (χ2n) is 4.95. The van der Waals surface area contributed by atoms with E-state index in [1.165, 1.54) is 0 Å². The Morgan fingerprint density at radius 2 is 2.00 bits per heavy atom. The van der Waals surface area contributed by atoms with Gasteiger partial charge in [-0.05, 0) is 24.6 Å². The highest BCUT2D eigenvalue weighted by Crippen LogP contribution is 2.17. The molecule has 0 saturated carbocycles. The first-order chi connectivity index (χ1) is 9.11. The monoisotopic (exact) mass is 263 g/mol. The van der Waals surface area contributed by atoms with Crippen molar-refractivity contribution >= 4 is 11.6 Å². The maximum atomic E-state index is 12.4. The molecule has 1 aliphatic heterocycles. The summed E-state index contributed by atoms with van der Waals surface area (Å²) in [5.74, 6) is 0.00106. The standard InChI is InChI=1S/C14H21N3O2/c1-11-2-3-12(13(15)10-11)14(19)17-6-4-16(5-7-17)8-9-18/h2-3,10,18H,4-9,15H2,1H3. The number of aryl methyl sites for hydroxylation is 1. The number of anilines is 1. The molecule has 19 heavy (non-hydrogen) atoms. The molecule has 0 bridgehead atoms. The first-order valence-corrected chi connectivity index (χ1v) is 6.60. The molecule has 0 spiro atoms. The minimum absolute atomic E-state index is 0.00106. The molecule has 5 nitrogen and oxygen atoms in total. The van der Waals surface area contributed by atoms with Crippen LogP contribution in [-0.4, -0.2) is 60.1 Å². The lowest BCUT2D eigenvalue weighted by atomic mass is 10.1. The zero-order valence-corrected chi connectivity index (χ0v) is 11.3. The van der Waals surface area contributed by atoms with Crippen molar-refractivity contribution in [2.45, 2.75) is 6.92 Å². The van der Waals surface area contributed by atoms with E-state index in [-0.39, 0.29) is 12.5 Å². The SMILES string of the molecule is Cc1ccc(C(=O)N2CCN(CCO)CC2)c(N)c1. The minimum Gasteiger partial charge on any atom is -0.398 e. The van der Waals surface area contributed by atoms with Crippen LogP contribution in [0.15, 0.2) is 18.2 Å². The van der Waals surface area contributed by atoms with Crippen molar-refractivity contribution in [1.29, 1.82) is 0 Å². The summed E-state index contributed by atoms with van der Waals surface area (Å²) >= 11 is 0. The van der Waals surface area contributed by atoms with Gasteiger partial charge in [0.25, 0.3) is 5.91 Å². The number of carbonyl (C=O) groups is 1. The summed E-state index contributed by atoms with van der Waals surface area (Å²) in [7, 11) is 0. The summed E-state index contributed by atoms with van der Waals surface area (Å²) in [5, 5.41) is 8.90. The predicted octanol–water partition coefficient (Wildman–Crippen LogP) is 0.327. The van der Waals surface area contributed by atoms with Gasteiger partial charge in [-0.15, -0.1) is 0 Å². The third kappa shape index (κ3) is 3.24. The summed E-state index contributed by atoms with van der Waals surface area (Å²) in [6.45, 7) is 5.78. The number of hydrogen-bond donors (Lipinski definition) is 2. The second-order valence-corrected chi connectivity index (χ2v) is 4.95. The van der Waals surface area contributed by atoms with Crippen molar-refractivity contribution in [3.05, 3.63) is 29.3 Å². The average molecular weight is 263 g/mol. The Kier molecular flexibility index (Phi) is 4.39. The molecule has 1 aliphatic rings. The Labute approximate surface area is 113 Å². The van der Waals surface area contributed by atoms with Crippen LogP contribution in [0.2, 0.25) is 0 Å². The lowest BCUT2D eigenvalue weighted by Gasteiger charge is -2.34. The third-order valence-electron chi connectivity index (χ3n) is 3.51. The van der Waals surface area contributed by atoms with Gasteiger partial charge in [0.2, 0.25) is 0 Å². The normalized spacial score (nSPS) is 16.6. The Morgan fingerprint density at radius 3 is 2.58 bits per heavy atom. The molecule has 0 radical (unpaired) electrons. The molecule has 1 heterocycles. The third-order valence-corrected chi connectivity index (χ3v) is 3.51. The summed E-state index contributed by atoms with van der Waals surface area (Å²) in [6, 6.07) is 5.54. The molecule has 104 valence electrons. The predicted molar refractivity (Wildman–Crippen MR) is 75.0 cm³/mol. The molecule has 0 unspecified atom stereocenters. The largest absolute Gasteiger partial charge is 0.398 e. The molecule has 5 heteroatoms. The summed E-state index contributed by atoms with van der Waals surface area (Å²) in [4.78, 5) is 16.4. The van der Waals surface area contributed by atoms with Crippen LogP contribution in [0.3, 0.4) is 0 Å². The Balaban J connectivity index is 2.01. The average Bonchev–Trinajstić information content (AvgIpc) is 2.39. The minimum atomic E-state index is 0.00106. The molecule has 1 amide bonds. The van der Waals surface area contributed by atoms with E-state index in [0.29, 0.717) is 30.9 Å². The van der Waals surface area contributed by atoms with E-state index in [9.17, 15) is 4.79 Å².